The van der Waals surface area contributed by atoms with Gasteiger partial charge in [0.15, 0.2) is 0 Å². The summed E-state index contributed by atoms with van der Waals surface area (Å²) in [5.41, 5.74) is -0.934. The van der Waals surface area contributed by atoms with Gasteiger partial charge in [-0.15, -0.1) is 0 Å². The highest BCUT2D eigenvalue weighted by molar-refractivity contribution is 6.21. The molecule has 0 unspecified atom stereocenters. The molecule has 4 amide bonds. The van der Waals surface area contributed by atoms with Crippen molar-refractivity contribution >= 4 is 35.0 Å². The second kappa shape index (κ2) is 8.68. The van der Waals surface area contributed by atoms with Crippen molar-refractivity contribution in [3.8, 4) is 0 Å². The first-order valence-corrected chi connectivity index (χ1v) is 10.4. The summed E-state index contributed by atoms with van der Waals surface area (Å²) in [5, 5.41) is 4.69. The summed E-state index contributed by atoms with van der Waals surface area (Å²) in [5.74, 6) is -2.10. The minimum atomic E-state index is -4.75. The lowest BCUT2D eigenvalue weighted by molar-refractivity contribution is -0.137. The van der Waals surface area contributed by atoms with E-state index in [1.165, 1.54) is 18.2 Å². The maximum atomic E-state index is 13.5. The van der Waals surface area contributed by atoms with Crippen molar-refractivity contribution in [3.05, 3.63) is 59.2 Å². The molecule has 1 heterocycles. The van der Waals surface area contributed by atoms with Crippen molar-refractivity contribution < 1.29 is 32.3 Å². The summed E-state index contributed by atoms with van der Waals surface area (Å²) in [6.07, 6.45) is -3.41. The SMILES string of the molecule is O=C(CCCN1C(=O)c2ccccc2C1=O)Nc1ccc(NC(=O)C2CC2)cc1C(F)(F)F. The molecule has 2 aliphatic rings. The third-order valence-corrected chi connectivity index (χ3v) is 5.48. The predicted octanol–water partition coefficient (Wildman–Crippen LogP) is 4.07. The number of carbonyl (C=O) groups excluding carboxylic acids is 4. The Morgan fingerprint density at radius 3 is 2.18 bits per heavy atom. The zero-order valence-corrected chi connectivity index (χ0v) is 17.4. The third kappa shape index (κ3) is 4.89. The summed E-state index contributed by atoms with van der Waals surface area (Å²) in [7, 11) is 0. The van der Waals surface area contributed by atoms with Gasteiger partial charge in [0, 0.05) is 24.6 Å². The van der Waals surface area contributed by atoms with Crippen LogP contribution in [0.5, 0.6) is 0 Å². The first-order valence-electron chi connectivity index (χ1n) is 10.4. The highest BCUT2D eigenvalue weighted by Gasteiger charge is 2.36. The lowest BCUT2D eigenvalue weighted by Gasteiger charge is -2.16. The number of anilines is 2. The molecule has 10 heteroatoms. The van der Waals surface area contributed by atoms with Gasteiger partial charge in [-0.1, -0.05) is 12.1 Å². The molecular weight excluding hydrogens is 439 g/mol. The second-order valence-electron chi connectivity index (χ2n) is 7.98. The van der Waals surface area contributed by atoms with E-state index in [1.54, 1.807) is 12.1 Å². The fourth-order valence-corrected chi connectivity index (χ4v) is 3.61. The van der Waals surface area contributed by atoms with Crippen molar-refractivity contribution in [3.63, 3.8) is 0 Å². The maximum Gasteiger partial charge on any atom is 0.418 e. The minimum Gasteiger partial charge on any atom is -0.326 e. The first-order chi connectivity index (χ1) is 15.6. The monoisotopic (exact) mass is 459 g/mol. The van der Waals surface area contributed by atoms with Crippen molar-refractivity contribution in [2.75, 3.05) is 17.2 Å². The number of nitrogens with zero attached hydrogens (tertiary/aromatic N) is 1. The van der Waals surface area contributed by atoms with E-state index in [-0.39, 0.29) is 48.0 Å². The number of nitrogens with one attached hydrogen (secondary N) is 2. The van der Waals surface area contributed by atoms with E-state index in [2.05, 4.69) is 10.6 Å². The zero-order chi connectivity index (χ0) is 23.8. The molecule has 2 aromatic rings. The number of benzene rings is 2. The van der Waals surface area contributed by atoms with E-state index in [9.17, 15) is 32.3 Å². The molecule has 1 fully saturated rings. The lowest BCUT2D eigenvalue weighted by Crippen LogP contribution is -2.31. The number of imide groups is 1. The van der Waals surface area contributed by atoms with Gasteiger partial charge in [-0.05, 0) is 49.6 Å². The Labute approximate surface area is 186 Å². The van der Waals surface area contributed by atoms with Crippen molar-refractivity contribution in [1.82, 2.24) is 4.90 Å². The van der Waals surface area contributed by atoms with Gasteiger partial charge in [-0.3, -0.25) is 24.1 Å². The highest BCUT2D eigenvalue weighted by atomic mass is 19.4. The molecule has 1 aliphatic carbocycles. The van der Waals surface area contributed by atoms with E-state index >= 15 is 0 Å². The molecule has 2 aromatic carbocycles. The summed E-state index contributed by atoms with van der Waals surface area (Å²) >= 11 is 0. The number of amides is 4. The van der Waals surface area contributed by atoms with Crippen molar-refractivity contribution in [2.45, 2.75) is 31.9 Å². The van der Waals surface area contributed by atoms with Crippen LogP contribution in [0.4, 0.5) is 24.5 Å². The number of hydrogen-bond donors (Lipinski definition) is 2. The van der Waals surface area contributed by atoms with Gasteiger partial charge in [0.2, 0.25) is 11.8 Å². The summed E-state index contributed by atoms with van der Waals surface area (Å²) < 4.78 is 40.5. The van der Waals surface area contributed by atoms with Gasteiger partial charge in [-0.25, -0.2) is 0 Å². The van der Waals surface area contributed by atoms with Crippen LogP contribution in [0.15, 0.2) is 42.5 Å². The number of alkyl halides is 3. The fraction of sp³-hybridized carbons (Fsp3) is 0.304. The van der Waals surface area contributed by atoms with Crippen LogP contribution in [-0.2, 0) is 15.8 Å². The predicted molar refractivity (Wildman–Crippen MR) is 112 cm³/mol. The molecule has 33 heavy (non-hydrogen) atoms. The van der Waals surface area contributed by atoms with Crippen LogP contribution in [-0.4, -0.2) is 35.1 Å². The molecule has 0 radical (unpaired) electrons. The van der Waals surface area contributed by atoms with E-state index in [0.717, 1.165) is 17.0 Å². The number of fused-ring (bicyclic) bond motifs is 1. The number of rotatable bonds is 7. The second-order valence-corrected chi connectivity index (χ2v) is 7.98. The van der Waals surface area contributed by atoms with Crippen LogP contribution in [0, 0.1) is 5.92 Å². The minimum absolute atomic E-state index is 0.00264. The van der Waals surface area contributed by atoms with Gasteiger partial charge in [-0.2, -0.15) is 13.2 Å². The van der Waals surface area contributed by atoms with E-state index in [0.29, 0.717) is 12.8 Å². The van der Waals surface area contributed by atoms with E-state index < -0.39 is 35.1 Å². The molecule has 0 aromatic heterocycles. The van der Waals surface area contributed by atoms with Crippen LogP contribution in [0.3, 0.4) is 0 Å². The van der Waals surface area contributed by atoms with Crippen LogP contribution in [0.2, 0.25) is 0 Å². The molecule has 0 spiro atoms. The molecule has 0 bridgehead atoms. The fourth-order valence-electron chi connectivity index (χ4n) is 3.61. The van der Waals surface area contributed by atoms with Gasteiger partial charge < -0.3 is 10.6 Å². The average Bonchev–Trinajstić information content (AvgIpc) is 3.58. The average molecular weight is 459 g/mol. The Bertz CT molecular complexity index is 1110. The van der Waals surface area contributed by atoms with E-state index in [1.807, 2.05) is 0 Å². The Morgan fingerprint density at radius 1 is 0.970 bits per heavy atom. The van der Waals surface area contributed by atoms with Gasteiger partial charge in [0.25, 0.3) is 11.8 Å². The molecular formula is C23H20F3N3O4. The van der Waals surface area contributed by atoms with Crippen LogP contribution < -0.4 is 10.6 Å². The normalized spacial score (nSPS) is 15.4. The number of halogens is 3. The Balaban J connectivity index is 1.36. The summed E-state index contributed by atoms with van der Waals surface area (Å²) in [6.45, 7) is -0.0297. The molecule has 0 atom stereocenters. The van der Waals surface area contributed by atoms with Gasteiger partial charge >= 0.3 is 6.18 Å². The van der Waals surface area contributed by atoms with Crippen LogP contribution in [0.25, 0.3) is 0 Å². The molecule has 1 saturated carbocycles. The van der Waals surface area contributed by atoms with E-state index in [4.69, 9.17) is 0 Å². The van der Waals surface area contributed by atoms with Gasteiger partial charge in [0.1, 0.15) is 0 Å². The Kier molecular flexibility index (Phi) is 5.92. The third-order valence-electron chi connectivity index (χ3n) is 5.48. The molecule has 0 saturated heterocycles. The molecule has 4 rings (SSSR count). The largest absolute Gasteiger partial charge is 0.418 e. The first kappa shape index (κ1) is 22.5. The highest BCUT2D eigenvalue weighted by Crippen LogP contribution is 2.37. The molecule has 2 N–H and O–H groups in total. The zero-order valence-electron chi connectivity index (χ0n) is 17.4. The maximum absolute atomic E-state index is 13.5. The summed E-state index contributed by atoms with van der Waals surface area (Å²) in [4.78, 5) is 49.8. The van der Waals surface area contributed by atoms with Crippen LogP contribution in [0.1, 0.15) is 52.0 Å². The topological polar surface area (TPSA) is 95.6 Å². The summed E-state index contributed by atoms with van der Waals surface area (Å²) in [6, 6.07) is 9.53. The number of carbonyl (C=O) groups is 4. The van der Waals surface area contributed by atoms with Crippen molar-refractivity contribution in [2.24, 2.45) is 5.92 Å². The molecule has 1 aliphatic heterocycles. The smallest absolute Gasteiger partial charge is 0.326 e. The standard InChI is InChI=1S/C23H20F3N3O4/c24-23(25,26)17-12-14(27-20(31)13-7-8-13)9-10-18(17)28-19(30)6-3-11-29-21(32)15-4-1-2-5-16(15)22(29)33/h1-2,4-5,9-10,12-13H,3,6-8,11H2,(H,27,31)(H,28,30). The number of hydrogen-bond acceptors (Lipinski definition) is 4. The lowest BCUT2D eigenvalue weighted by atomic mass is 10.1. The molecule has 7 nitrogen and oxygen atoms in total. The van der Waals surface area contributed by atoms with Crippen LogP contribution >= 0.6 is 0 Å². The molecule has 172 valence electrons. The quantitative estimate of drug-likeness (QED) is 0.611. The van der Waals surface area contributed by atoms with Gasteiger partial charge in [0.05, 0.1) is 22.4 Å². The van der Waals surface area contributed by atoms with Crippen molar-refractivity contribution in [1.29, 1.82) is 0 Å². The Morgan fingerprint density at radius 2 is 1.61 bits per heavy atom. The Hall–Kier alpha value is -3.69.